The quantitative estimate of drug-likeness (QED) is 0.633. The van der Waals surface area contributed by atoms with Gasteiger partial charge in [-0.05, 0) is 31.2 Å². The summed E-state index contributed by atoms with van der Waals surface area (Å²) in [6.45, 7) is 2.67. The Labute approximate surface area is 149 Å². The minimum absolute atomic E-state index is 0.675. The molecule has 0 N–H and O–H groups in total. The van der Waals surface area contributed by atoms with E-state index in [1.807, 2.05) is 42.6 Å². The first kappa shape index (κ1) is 17.0. The van der Waals surface area contributed by atoms with Crippen LogP contribution in [0.25, 0.3) is 11.3 Å². The van der Waals surface area contributed by atoms with Gasteiger partial charge in [0.15, 0.2) is 0 Å². The molecule has 0 aliphatic rings. The molecule has 0 saturated heterocycles. The average Bonchev–Trinajstić information content (AvgIpc) is 3.29. The molecule has 7 heteroatoms. The van der Waals surface area contributed by atoms with Crippen molar-refractivity contribution in [2.24, 2.45) is 10.1 Å². The van der Waals surface area contributed by atoms with E-state index in [4.69, 9.17) is 13.9 Å². The summed E-state index contributed by atoms with van der Waals surface area (Å²) in [6.07, 6.45) is 3.28. The van der Waals surface area contributed by atoms with Gasteiger partial charge in [-0.1, -0.05) is 0 Å². The molecule has 0 aliphatic carbocycles. The molecule has 0 saturated carbocycles. The zero-order valence-electron chi connectivity index (χ0n) is 14.3. The summed E-state index contributed by atoms with van der Waals surface area (Å²) in [4.78, 5) is 5.32. The summed E-state index contributed by atoms with van der Waals surface area (Å²) in [7, 11) is 3.27. The number of rotatable bonds is 6. The molecule has 0 aliphatic heterocycles. The highest BCUT2D eigenvalue weighted by molar-refractivity contribution is 7.07. The van der Waals surface area contributed by atoms with E-state index in [0.717, 1.165) is 21.8 Å². The van der Waals surface area contributed by atoms with Crippen LogP contribution in [0.2, 0.25) is 0 Å². The zero-order chi connectivity index (χ0) is 17.6. The van der Waals surface area contributed by atoms with Gasteiger partial charge in [0.25, 0.3) is 0 Å². The van der Waals surface area contributed by atoms with E-state index in [-0.39, 0.29) is 0 Å². The summed E-state index contributed by atoms with van der Waals surface area (Å²) in [5.74, 6) is 2.12. The second-order valence-electron chi connectivity index (χ2n) is 5.02. The lowest BCUT2D eigenvalue weighted by Gasteiger charge is -2.10. The van der Waals surface area contributed by atoms with Crippen molar-refractivity contribution in [2.45, 2.75) is 6.92 Å². The molecule has 0 atom stereocenters. The maximum atomic E-state index is 5.53. The molecular formula is C18H19N3O3S. The second-order valence-corrected chi connectivity index (χ2v) is 5.85. The highest BCUT2D eigenvalue weighted by atomic mass is 32.1. The van der Waals surface area contributed by atoms with Crippen LogP contribution in [0.3, 0.4) is 0 Å². The van der Waals surface area contributed by atoms with Crippen LogP contribution in [0.4, 0.5) is 0 Å². The fraction of sp³-hybridized carbons (Fsp3) is 0.222. The van der Waals surface area contributed by atoms with E-state index >= 15 is 0 Å². The molecule has 2 heterocycles. The highest BCUT2D eigenvalue weighted by Crippen LogP contribution is 2.33. The van der Waals surface area contributed by atoms with Gasteiger partial charge in [-0.15, -0.1) is 11.3 Å². The molecule has 0 bridgehead atoms. The molecule has 0 amide bonds. The van der Waals surface area contributed by atoms with E-state index in [9.17, 15) is 0 Å². The Kier molecular flexibility index (Phi) is 5.35. The molecule has 2 aromatic heterocycles. The van der Waals surface area contributed by atoms with Crippen molar-refractivity contribution >= 4 is 17.6 Å². The first-order chi connectivity index (χ1) is 12.3. The van der Waals surface area contributed by atoms with Crippen LogP contribution >= 0.6 is 11.3 Å². The van der Waals surface area contributed by atoms with Gasteiger partial charge in [-0.2, -0.15) is 5.10 Å². The summed E-state index contributed by atoms with van der Waals surface area (Å²) in [6, 6.07) is 9.37. The number of ether oxygens (including phenoxy) is 2. The van der Waals surface area contributed by atoms with Crippen LogP contribution in [0, 0.1) is 0 Å². The lowest BCUT2D eigenvalue weighted by atomic mass is 10.1. The minimum Gasteiger partial charge on any atom is -0.497 e. The van der Waals surface area contributed by atoms with Crippen LogP contribution in [-0.2, 0) is 0 Å². The monoisotopic (exact) mass is 357 g/mol. The summed E-state index contributed by atoms with van der Waals surface area (Å²) >= 11 is 1.53. The van der Waals surface area contributed by atoms with Crippen molar-refractivity contribution in [3.05, 3.63) is 52.5 Å². The maximum absolute atomic E-state index is 5.53. The van der Waals surface area contributed by atoms with E-state index < -0.39 is 0 Å². The first-order valence-corrected chi connectivity index (χ1v) is 8.66. The summed E-state index contributed by atoms with van der Waals surface area (Å²) in [5.41, 5.74) is 1.80. The maximum Gasteiger partial charge on any atom is 0.206 e. The number of furan rings is 1. The molecule has 0 radical (unpaired) electrons. The van der Waals surface area contributed by atoms with Crippen LogP contribution in [0.15, 0.2) is 56.5 Å². The Balaban J connectivity index is 2.12. The van der Waals surface area contributed by atoms with Crippen molar-refractivity contribution in [1.82, 2.24) is 4.68 Å². The summed E-state index contributed by atoms with van der Waals surface area (Å²) < 4.78 is 17.9. The zero-order valence-corrected chi connectivity index (χ0v) is 15.1. The van der Waals surface area contributed by atoms with Gasteiger partial charge < -0.3 is 13.9 Å². The molecule has 6 nitrogen and oxygen atoms in total. The standard InChI is InChI=1S/C18H19N3O3S/c1-4-19-18-21(20-11-14-6-5-9-24-14)16(12-25-18)15-8-7-13(22-2)10-17(15)23-3/h5-12H,4H2,1-3H3. The van der Waals surface area contributed by atoms with Crippen molar-refractivity contribution < 1.29 is 13.9 Å². The molecular weight excluding hydrogens is 338 g/mol. The van der Waals surface area contributed by atoms with E-state index in [0.29, 0.717) is 18.1 Å². The Morgan fingerprint density at radius 1 is 1.24 bits per heavy atom. The molecule has 1 aromatic carbocycles. The van der Waals surface area contributed by atoms with E-state index in [2.05, 4.69) is 10.1 Å². The fourth-order valence-corrected chi connectivity index (χ4v) is 3.22. The summed E-state index contributed by atoms with van der Waals surface area (Å²) in [5, 5.41) is 6.56. The fourth-order valence-electron chi connectivity index (χ4n) is 2.33. The smallest absolute Gasteiger partial charge is 0.206 e. The highest BCUT2D eigenvalue weighted by Gasteiger charge is 2.13. The van der Waals surface area contributed by atoms with Crippen molar-refractivity contribution in [3.63, 3.8) is 0 Å². The van der Waals surface area contributed by atoms with Crippen molar-refractivity contribution in [3.8, 4) is 22.8 Å². The minimum atomic E-state index is 0.675. The van der Waals surface area contributed by atoms with Gasteiger partial charge in [-0.3, -0.25) is 4.99 Å². The number of nitrogens with zero attached hydrogens (tertiary/aromatic N) is 3. The number of methoxy groups -OCH3 is 2. The predicted octanol–water partition coefficient (Wildman–Crippen LogP) is 3.63. The first-order valence-electron chi connectivity index (χ1n) is 7.78. The molecule has 0 unspecified atom stereocenters. The van der Waals surface area contributed by atoms with Crippen molar-refractivity contribution in [2.75, 3.05) is 20.8 Å². The molecule has 25 heavy (non-hydrogen) atoms. The predicted molar refractivity (Wildman–Crippen MR) is 98.7 cm³/mol. The third-order valence-corrected chi connectivity index (χ3v) is 4.36. The van der Waals surface area contributed by atoms with Crippen LogP contribution in [-0.4, -0.2) is 31.7 Å². The van der Waals surface area contributed by atoms with Gasteiger partial charge in [0.1, 0.15) is 17.3 Å². The third-order valence-electron chi connectivity index (χ3n) is 3.51. The lowest BCUT2D eigenvalue weighted by Crippen LogP contribution is -2.12. The van der Waals surface area contributed by atoms with Gasteiger partial charge in [-0.25, -0.2) is 4.68 Å². The molecule has 3 aromatic rings. The Bertz CT molecular complexity index is 923. The van der Waals surface area contributed by atoms with Crippen LogP contribution in [0.1, 0.15) is 12.7 Å². The lowest BCUT2D eigenvalue weighted by molar-refractivity contribution is 0.395. The van der Waals surface area contributed by atoms with Gasteiger partial charge in [0.05, 0.1) is 32.4 Å². The van der Waals surface area contributed by atoms with Crippen LogP contribution < -0.4 is 14.3 Å². The van der Waals surface area contributed by atoms with Gasteiger partial charge in [0.2, 0.25) is 4.80 Å². The molecule has 0 fully saturated rings. The SMILES string of the molecule is CCN=c1scc(-c2ccc(OC)cc2OC)n1N=Cc1ccco1. The second kappa shape index (κ2) is 7.85. The van der Waals surface area contributed by atoms with Crippen LogP contribution in [0.5, 0.6) is 11.5 Å². The van der Waals surface area contributed by atoms with E-state index in [1.165, 1.54) is 11.3 Å². The number of hydrogen-bond acceptors (Lipinski definition) is 6. The Morgan fingerprint density at radius 2 is 2.12 bits per heavy atom. The number of benzene rings is 1. The van der Waals surface area contributed by atoms with Gasteiger partial charge in [0, 0.05) is 23.6 Å². The average molecular weight is 357 g/mol. The van der Waals surface area contributed by atoms with E-state index in [1.54, 1.807) is 31.4 Å². The van der Waals surface area contributed by atoms with Gasteiger partial charge >= 0.3 is 0 Å². The number of hydrogen-bond donors (Lipinski definition) is 0. The Hall–Kier alpha value is -2.80. The number of aromatic nitrogens is 1. The van der Waals surface area contributed by atoms with Crippen molar-refractivity contribution in [1.29, 1.82) is 0 Å². The molecule has 3 rings (SSSR count). The Morgan fingerprint density at radius 3 is 2.80 bits per heavy atom. The third kappa shape index (κ3) is 3.66. The molecule has 130 valence electrons. The number of thiazole rings is 1. The topological polar surface area (TPSA) is 61.2 Å². The molecule has 0 spiro atoms. The largest absolute Gasteiger partial charge is 0.497 e. The normalized spacial score (nSPS) is 12.0.